The number of nitrogens with zero attached hydrogens (tertiary/aromatic N) is 4. The average molecular weight is 317 g/mol. The second-order valence-electron chi connectivity index (χ2n) is 4.94. The molecule has 0 amide bonds. The molecule has 3 aromatic rings. The Morgan fingerprint density at radius 2 is 2.05 bits per heavy atom. The van der Waals surface area contributed by atoms with Gasteiger partial charge in [-0.3, -0.25) is 0 Å². The number of rotatable bonds is 5. The molecule has 0 saturated carbocycles. The van der Waals surface area contributed by atoms with Gasteiger partial charge < -0.3 is 5.32 Å². The summed E-state index contributed by atoms with van der Waals surface area (Å²) < 4.78 is 15.0. The van der Waals surface area contributed by atoms with E-state index in [0.717, 1.165) is 28.5 Å². The minimum Gasteiger partial charge on any atom is -0.365 e. The van der Waals surface area contributed by atoms with Gasteiger partial charge in [0.25, 0.3) is 0 Å². The van der Waals surface area contributed by atoms with Gasteiger partial charge in [0.1, 0.15) is 11.6 Å². The molecule has 0 aliphatic carbocycles. The summed E-state index contributed by atoms with van der Waals surface area (Å²) in [6, 6.07) is 8.62. The molecule has 1 N–H and O–H groups in total. The van der Waals surface area contributed by atoms with E-state index in [4.69, 9.17) is 0 Å². The molecule has 0 unspecified atom stereocenters. The Morgan fingerprint density at radius 1 is 1.18 bits per heavy atom. The molecule has 114 valence electrons. The van der Waals surface area contributed by atoms with Crippen molar-refractivity contribution in [1.29, 1.82) is 0 Å². The third kappa shape index (κ3) is 3.04. The molecule has 0 aliphatic heterocycles. The highest BCUT2D eigenvalue weighted by atomic mass is 32.2. The van der Waals surface area contributed by atoms with Gasteiger partial charge in [0.2, 0.25) is 0 Å². The maximum absolute atomic E-state index is 13.4. The Morgan fingerprint density at radius 3 is 2.86 bits per heavy atom. The number of aromatic nitrogens is 4. The summed E-state index contributed by atoms with van der Waals surface area (Å²) >= 11 is 1.67. The van der Waals surface area contributed by atoms with E-state index in [0.29, 0.717) is 12.2 Å². The van der Waals surface area contributed by atoms with Crippen LogP contribution in [0.3, 0.4) is 0 Å². The number of nitrogens with one attached hydrogen (secondary N) is 1. The minimum absolute atomic E-state index is 0.201. The summed E-state index contributed by atoms with van der Waals surface area (Å²) in [5.41, 5.74) is 2.78. The summed E-state index contributed by atoms with van der Waals surface area (Å²) in [6.07, 6.45) is 2.01. The summed E-state index contributed by atoms with van der Waals surface area (Å²) in [6.45, 7) is 2.45. The van der Waals surface area contributed by atoms with Crippen LogP contribution in [0, 0.1) is 12.7 Å². The van der Waals surface area contributed by atoms with E-state index in [1.54, 1.807) is 22.3 Å². The normalized spacial score (nSPS) is 11.0. The molecule has 0 saturated heterocycles. The van der Waals surface area contributed by atoms with Gasteiger partial charge in [0.05, 0.1) is 0 Å². The Kier molecular flexibility index (Phi) is 4.24. The van der Waals surface area contributed by atoms with Gasteiger partial charge in [-0.15, -0.1) is 15.3 Å². The van der Waals surface area contributed by atoms with Crippen LogP contribution in [-0.4, -0.2) is 26.1 Å². The number of hydrogen-bond donors (Lipinski definition) is 1. The van der Waals surface area contributed by atoms with Crippen LogP contribution >= 0.6 is 11.8 Å². The molecule has 1 aromatic carbocycles. The van der Waals surface area contributed by atoms with Crippen LogP contribution in [0.1, 0.15) is 17.0 Å². The minimum atomic E-state index is -0.201. The SMILES string of the molecule is CSCc1cc(F)ccc1CNc1ccc2nnc(C)n2n1. The number of halogens is 1. The van der Waals surface area contributed by atoms with Crippen molar-refractivity contribution in [2.45, 2.75) is 19.2 Å². The largest absolute Gasteiger partial charge is 0.365 e. The summed E-state index contributed by atoms with van der Waals surface area (Å²) in [4.78, 5) is 0. The smallest absolute Gasteiger partial charge is 0.178 e. The Labute approximate surface area is 132 Å². The number of thioether (sulfide) groups is 1. The lowest BCUT2D eigenvalue weighted by Crippen LogP contribution is -2.06. The fourth-order valence-electron chi connectivity index (χ4n) is 2.23. The van der Waals surface area contributed by atoms with Gasteiger partial charge in [-0.25, -0.2) is 4.39 Å². The van der Waals surface area contributed by atoms with E-state index in [2.05, 4.69) is 20.6 Å². The van der Waals surface area contributed by atoms with Crippen molar-refractivity contribution in [2.75, 3.05) is 11.6 Å². The maximum atomic E-state index is 13.4. The van der Waals surface area contributed by atoms with Crippen LogP contribution in [0.15, 0.2) is 30.3 Å². The Bertz CT molecular complexity index is 802. The van der Waals surface area contributed by atoms with Crippen LogP contribution in [0.5, 0.6) is 0 Å². The van der Waals surface area contributed by atoms with E-state index in [1.165, 1.54) is 6.07 Å². The molecule has 2 aromatic heterocycles. The zero-order valence-electron chi connectivity index (χ0n) is 12.4. The quantitative estimate of drug-likeness (QED) is 0.784. The molecule has 0 atom stereocenters. The number of anilines is 1. The molecular formula is C15H16FN5S. The van der Waals surface area contributed by atoms with Crippen LogP contribution in [0.4, 0.5) is 10.2 Å². The maximum Gasteiger partial charge on any atom is 0.178 e. The molecule has 7 heteroatoms. The highest BCUT2D eigenvalue weighted by Crippen LogP contribution is 2.18. The van der Waals surface area contributed by atoms with Crippen molar-refractivity contribution in [1.82, 2.24) is 19.8 Å². The van der Waals surface area contributed by atoms with Crippen LogP contribution < -0.4 is 5.32 Å². The van der Waals surface area contributed by atoms with Gasteiger partial charge in [0, 0.05) is 12.3 Å². The molecule has 0 spiro atoms. The molecule has 0 aliphatic rings. The molecule has 0 fully saturated rings. The summed E-state index contributed by atoms with van der Waals surface area (Å²) in [5, 5.41) is 15.7. The predicted octanol–water partition coefficient (Wildman–Crippen LogP) is 3.05. The van der Waals surface area contributed by atoms with Gasteiger partial charge in [-0.2, -0.15) is 16.3 Å². The molecule has 3 rings (SSSR count). The molecule has 2 heterocycles. The Balaban J connectivity index is 1.80. The summed E-state index contributed by atoms with van der Waals surface area (Å²) in [5.74, 6) is 2.05. The van der Waals surface area contributed by atoms with Crippen LogP contribution in [-0.2, 0) is 12.3 Å². The monoisotopic (exact) mass is 317 g/mol. The lowest BCUT2D eigenvalue weighted by Gasteiger charge is -2.10. The molecule has 22 heavy (non-hydrogen) atoms. The van der Waals surface area contributed by atoms with Crippen molar-refractivity contribution in [2.24, 2.45) is 0 Å². The van der Waals surface area contributed by atoms with Crippen LogP contribution in [0.2, 0.25) is 0 Å². The van der Waals surface area contributed by atoms with Crippen molar-refractivity contribution in [3.63, 3.8) is 0 Å². The molecule has 5 nitrogen and oxygen atoms in total. The predicted molar refractivity (Wildman–Crippen MR) is 86.5 cm³/mol. The second kappa shape index (κ2) is 6.31. The first-order valence-electron chi connectivity index (χ1n) is 6.86. The second-order valence-corrected chi connectivity index (χ2v) is 5.80. The first kappa shape index (κ1) is 14.8. The number of hydrogen-bond acceptors (Lipinski definition) is 5. The van der Waals surface area contributed by atoms with Crippen LogP contribution in [0.25, 0.3) is 5.65 Å². The molecule has 0 bridgehead atoms. The molecule has 0 radical (unpaired) electrons. The average Bonchev–Trinajstić information content (AvgIpc) is 2.88. The van der Waals surface area contributed by atoms with Gasteiger partial charge in [0.15, 0.2) is 11.5 Å². The number of benzene rings is 1. The molecular weight excluding hydrogens is 301 g/mol. The standard InChI is InChI=1S/C15H16FN5S/c1-10-18-19-15-6-5-14(20-21(10)15)17-8-11-3-4-13(16)7-12(11)9-22-2/h3-7H,8-9H2,1-2H3,(H,17,20). The number of fused-ring (bicyclic) bond motifs is 1. The van der Waals surface area contributed by atoms with E-state index in [1.807, 2.05) is 31.4 Å². The Hall–Kier alpha value is -2.15. The van der Waals surface area contributed by atoms with Crippen molar-refractivity contribution in [3.05, 3.63) is 53.1 Å². The third-order valence-corrected chi connectivity index (χ3v) is 3.95. The summed E-state index contributed by atoms with van der Waals surface area (Å²) in [7, 11) is 0. The first-order chi connectivity index (χ1) is 10.7. The first-order valence-corrected chi connectivity index (χ1v) is 8.26. The van der Waals surface area contributed by atoms with E-state index in [9.17, 15) is 4.39 Å². The highest BCUT2D eigenvalue weighted by molar-refractivity contribution is 7.97. The van der Waals surface area contributed by atoms with Crippen molar-refractivity contribution >= 4 is 23.2 Å². The van der Waals surface area contributed by atoms with Gasteiger partial charge in [-0.05, 0) is 48.6 Å². The van der Waals surface area contributed by atoms with E-state index in [-0.39, 0.29) is 5.82 Å². The fraction of sp³-hybridized carbons (Fsp3) is 0.267. The van der Waals surface area contributed by atoms with E-state index < -0.39 is 0 Å². The highest BCUT2D eigenvalue weighted by Gasteiger charge is 2.06. The van der Waals surface area contributed by atoms with Gasteiger partial charge >= 0.3 is 0 Å². The lowest BCUT2D eigenvalue weighted by atomic mass is 10.1. The fourth-order valence-corrected chi connectivity index (χ4v) is 2.81. The topological polar surface area (TPSA) is 55.1 Å². The van der Waals surface area contributed by atoms with Gasteiger partial charge in [-0.1, -0.05) is 6.07 Å². The van der Waals surface area contributed by atoms with Crippen molar-refractivity contribution < 1.29 is 4.39 Å². The number of aryl methyl sites for hydroxylation is 1. The zero-order chi connectivity index (χ0) is 15.5. The third-order valence-electron chi connectivity index (χ3n) is 3.35. The zero-order valence-corrected chi connectivity index (χ0v) is 13.2. The lowest BCUT2D eigenvalue weighted by molar-refractivity contribution is 0.625. The van der Waals surface area contributed by atoms with Crippen molar-refractivity contribution in [3.8, 4) is 0 Å². The van der Waals surface area contributed by atoms with E-state index >= 15 is 0 Å².